The molecule has 0 aliphatic carbocycles. The first-order valence-electron chi connectivity index (χ1n) is 8.94. The van der Waals surface area contributed by atoms with E-state index in [1.165, 1.54) is 0 Å². The highest BCUT2D eigenvalue weighted by Gasteiger charge is 2.33. The summed E-state index contributed by atoms with van der Waals surface area (Å²) >= 11 is 0. The Labute approximate surface area is 165 Å². The summed E-state index contributed by atoms with van der Waals surface area (Å²) < 4.78 is 0. The minimum absolute atomic E-state index is 0.530. The first-order valence-corrected chi connectivity index (χ1v) is 8.94. The molecule has 13 heteroatoms. The number of hydrogen-bond donors (Lipinski definition) is 8. The zero-order chi connectivity index (χ0) is 22.1. The maximum Gasteiger partial charge on any atom is 0.328 e. The molecule has 0 radical (unpaired) electrons. The van der Waals surface area contributed by atoms with Gasteiger partial charge in [-0.1, -0.05) is 0 Å². The number of hydrogen-bond acceptors (Lipinski definition) is 8. The second kappa shape index (κ2) is 11.3. The van der Waals surface area contributed by atoms with Gasteiger partial charge in [0.05, 0.1) is 25.2 Å². The van der Waals surface area contributed by atoms with Crippen LogP contribution in [0.5, 0.6) is 0 Å². The summed E-state index contributed by atoms with van der Waals surface area (Å²) in [4.78, 5) is 58.8. The van der Waals surface area contributed by atoms with Crippen molar-refractivity contribution in [2.75, 3.05) is 13.2 Å². The van der Waals surface area contributed by atoms with Gasteiger partial charge in [-0.2, -0.15) is 0 Å². The van der Waals surface area contributed by atoms with Crippen molar-refractivity contribution in [3.05, 3.63) is 0 Å². The fourth-order valence-electron chi connectivity index (χ4n) is 2.67. The number of aliphatic hydroxyl groups is 2. The molecule has 1 fully saturated rings. The van der Waals surface area contributed by atoms with Crippen LogP contribution in [0.3, 0.4) is 0 Å². The van der Waals surface area contributed by atoms with Crippen LogP contribution in [-0.4, -0.2) is 93.5 Å². The van der Waals surface area contributed by atoms with Gasteiger partial charge >= 0.3 is 11.9 Å². The molecule has 3 amide bonds. The predicted octanol–water partition coefficient (Wildman–Crippen LogP) is -3.87. The van der Waals surface area contributed by atoms with E-state index in [2.05, 4.69) is 16.0 Å². The number of carboxylic acid groups (broad SMARTS) is 2. The Morgan fingerprint density at radius 3 is 2.10 bits per heavy atom. The molecule has 13 nitrogen and oxygen atoms in total. The molecule has 1 aliphatic heterocycles. The fourth-order valence-corrected chi connectivity index (χ4v) is 2.67. The second-order valence-electron chi connectivity index (χ2n) is 6.62. The lowest BCUT2D eigenvalue weighted by Gasteiger charge is -2.24. The molecule has 0 aromatic heterocycles. The van der Waals surface area contributed by atoms with Crippen molar-refractivity contribution in [1.82, 2.24) is 21.3 Å². The van der Waals surface area contributed by atoms with Crippen LogP contribution in [0, 0.1) is 0 Å². The molecule has 1 heterocycles. The third-order valence-corrected chi connectivity index (χ3v) is 4.25. The van der Waals surface area contributed by atoms with Crippen molar-refractivity contribution in [2.45, 2.75) is 56.5 Å². The van der Waals surface area contributed by atoms with Crippen LogP contribution in [0.25, 0.3) is 0 Å². The van der Waals surface area contributed by atoms with Crippen LogP contribution in [0.2, 0.25) is 0 Å². The second-order valence-corrected chi connectivity index (χ2v) is 6.62. The van der Waals surface area contributed by atoms with Crippen molar-refractivity contribution in [2.24, 2.45) is 0 Å². The summed E-state index contributed by atoms with van der Waals surface area (Å²) in [5, 5.41) is 46.0. The summed E-state index contributed by atoms with van der Waals surface area (Å²) in [7, 11) is 0. The smallest absolute Gasteiger partial charge is 0.328 e. The van der Waals surface area contributed by atoms with Crippen molar-refractivity contribution in [3.63, 3.8) is 0 Å². The molecule has 1 aliphatic rings. The van der Waals surface area contributed by atoms with Crippen LogP contribution in [0.15, 0.2) is 0 Å². The molecule has 5 atom stereocenters. The Balaban J connectivity index is 2.81. The highest BCUT2D eigenvalue weighted by Crippen LogP contribution is 2.05. The van der Waals surface area contributed by atoms with Crippen LogP contribution in [0.4, 0.5) is 0 Å². The molecule has 0 bridgehead atoms. The van der Waals surface area contributed by atoms with Crippen molar-refractivity contribution in [1.29, 1.82) is 0 Å². The van der Waals surface area contributed by atoms with Crippen LogP contribution >= 0.6 is 0 Å². The SMILES string of the molecule is CC(O)C(NC(=O)C(CC(=O)O)NC(=O)C(CO)NC(=O)C1CCCN1)C(=O)O. The van der Waals surface area contributed by atoms with Crippen LogP contribution < -0.4 is 21.3 Å². The van der Waals surface area contributed by atoms with E-state index in [0.29, 0.717) is 13.0 Å². The molecule has 0 spiro atoms. The summed E-state index contributed by atoms with van der Waals surface area (Å²) in [6.45, 7) is 0.929. The van der Waals surface area contributed by atoms with E-state index in [1.807, 2.05) is 5.32 Å². The Morgan fingerprint density at radius 1 is 1.03 bits per heavy atom. The van der Waals surface area contributed by atoms with E-state index in [1.54, 1.807) is 0 Å². The number of amides is 3. The largest absolute Gasteiger partial charge is 0.481 e. The van der Waals surface area contributed by atoms with Crippen LogP contribution in [-0.2, 0) is 24.0 Å². The number of carbonyl (C=O) groups excluding carboxylic acids is 3. The van der Waals surface area contributed by atoms with Gasteiger partial charge in [-0.3, -0.25) is 19.2 Å². The summed E-state index contributed by atoms with van der Waals surface area (Å²) in [5.74, 6) is -5.73. The average Bonchev–Trinajstić information content (AvgIpc) is 3.16. The topological polar surface area (TPSA) is 214 Å². The van der Waals surface area contributed by atoms with E-state index in [4.69, 9.17) is 10.2 Å². The summed E-state index contributed by atoms with van der Waals surface area (Å²) in [6.07, 6.45) is -1.06. The molecular formula is C16H26N4O9. The van der Waals surface area contributed by atoms with Crippen molar-refractivity contribution in [3.8, 4) is 0 Å². The van der Waals surface area contributed by atoms with E-state index >= 15 is 0 Å². The van der Waals surface area contributed by atoms with E-state index < -0.39 is 73.0 Å². The van der Waals surface area contributed by atoms with Gasteiger partial charge in [0.25, 0.3) is 0 Å². The van der Waals surface area contributed by atoms with Crippen molar-refractivity contribution >= 4 is 29.7 Å². The van der Waals surface area contributed by atoms with Gasteiger partial charge in [-0.25, -0.2) is 4.79 Å². The first kappa shape index (κ1) is 24.3. The molecule has 1 saturated heterocycles. The summed E-state index contributed by atoms with van der Waals surface area (Å²) in [6, 6.07) is -5.40. The predicted molar refractivity (Wildman–Crippen MR) is 95.5 cm³/mol. The van der Waals surface area contributed by atoms with E-state index in [9.17, 15) is 34.2 Å². The quantitative estimate of drug-likeness (QED) is 0.163. The molecule has 0 saturated carbocycles. The van der Waals surface area contributed by atoms with Crippen molar-refractivity contribution < 1.29 is 44.4 Å². The number of aliphatic hydroxyl groups excluding tert-OH is 2. The molecule has 8 N–H and O–H groups in total. The molecule has 0 aromatic carbocycles. The van der Waals surface area contributed by atoms with Gasteiger partial charge in [-0.15, -0.1) is 0 Å². The molecular weight excluding hydrogens is 392 g/mol. The van der Waals surface area contributed by atoms with Gasteiger partial charge in [0.2, 0.25) is 17.7 Å². The van der Waals surface area contributed by atoms with Gasteiger partial charge in [-0.05, 0) is 26.3 Å². The molecule has 1 rings (SSSR count). The zero-order valence-corrected chi connectivity index (χ0v) is 15.8. The monoisotopic (exact) mass is 418 g/mol. The first-order chi connectivity index (χ1) is 13.6. The standard InChI is InChI=1S/C16H26N4O9/c1-7(22)12(16(28)29)20-14(26)9(5-11(23)24)18-15(27)10(6-21)19-13(25)8-3-2-4-17-8/h7-10,12,17,21-22H,2-6H2,1H3,(H,18,27)(H,19,25)(H,20,26)(H,23,24)(H,28,29). The lowest BCUT2D eigenvalue weighted by atomic mass is 10.1. The van der Waals surface area contributed by atoms with E-state index in [0.717, 1.165) is 13.3 Å². The minimum Gasteiger partial charge on any atom is -0.481 e. The Kier molecular flexibility index (Phi) is 9.44. The maximum absolute atomic E-state index is 12.3. The average molecular weight is 418 g/mol. The van der Waals surface area contributed by atoms with Gasteiger partial charge < -0.3 is 41.7 Å². The molecule has 164 valence electrons. The normalized spacial score (nSPS) is 20.0. The number of rotatable bonds is 11. The lowest BCUT2D eigenvalue weighted by molar-refractivity contribution is -0.146. The zero-order valence-electron chi connectivity index (χ0n) is 15.8. The Hall–Kier alpha value is -2.77. The Morgan fingerprint density at radius 2 is 1.66 bits per heavy atom. The van der Waals surface area contributed by atoms with E-state index in [-0.39, 0.29) is 0 Å². The number of carbonyl (C=O) groups is 5. The third-order valence-electron chi connectivity index (χ3n) is 4.25. The third kappa shape index (κ3) is 7.63. The fraction of sp³-hybridized carbons (Fsp3) is 0.688. The van der Waals surface area contributed by atoms with Gasteiger partial charge in [0, 0.05) is 0 Å². The maximum atomic E-state index is 12.3. The summed E-state index contributed by atoms with van der Waals surface area (Å²) in [5.41, 5.74) is 0. The highest BCUT2D eigenvalue weighted by atomic mass is 16.4. The Bertz CT molecular complexity index is 634. The van der Waals surface area contributed by atoms with Gasteiger partial charge in [0.15, 0.2) is 6.04 Å². The lowest BCUT2D eigenvalue weighted by Crippen LogP contribution is -2.59. The molecule has 5 unspecified atom stereocenters. The van der Waals surface area contributed by atoms with Gasteiger partial charge in [0.1, 0.15) is 12.1 Å². The highest BCUT2D eigenvalue weighted by molar-refractivity contribution is 5.95. The number of aliphatic carboxylic acids is 2. The number of carboxylic acids is 2. The molecule has 0 aromatic rings. The van der Waals surface area contributed by atoms with Crippen LogP contribution in [0.1, 0.15) is 26.2 Å². The minimum atomic E-state index is -1.72. The number of nitrogens with one attached hydrogen (secondary N) is 4. The molecule has 29 heavy (non-hydrogen) atoms.